The Morgan fingerprint density at radius 1 is 1.19 bits per heavy atom. The number of fused-ring (bicyclic) bond motifs is 1. The van der Waals surface area contributed by atoms with Crippen LogP contribution in [0.2, 0.25) is 0 Å². The Morgan fingerprint density at radius 2 is 1.96 bits per heavy atom. The zero-order chi connectivity index (χ0) is 19.0. The van der Waals surface area contributed by atoms with Gasteiger partial charge in [0.1, 0.15) is 11.9 Å². The van der Waals surface area contributed by atoms with Crippen LogP contribution in [0.5, 0.6) is 5.75 Å². The monoisotopic (exact) mass is 372 g/mol. The smallest absolute Gasteiger partial charge is 0.318 e. The van der Waals surface area contributed by atoms with E-state index in [1.165, 1.54) is 0 Å². The molecular formula is C20H28N4O3. The molecule has 4 rings (SSSR count). The number of aromatic nitrogens is 3. The molecule has 0 bridgehead atoms. The van der Waals surface area contributed by atoms with Crippen molar-refractivity contribution in [3.05, 3.63) is 29.4 Å². The van der Waals surface area contributed by atoms with Crippen molar-refractivity contribution >= 4 is 6.01 Å². The summed E-state index contributed by atoms with van der Waals surface area (Å²) in [6, 6.07) is 4.50. The van der Waals surface area contributed by atoms with Crippen LogP contribution in [0.4, 0.5) is 6.01 Å². The molecule has 2 fully saturated rings. The molecular weight excluding hydrogens is 344 g/mol. The lowest BCUT2D eigenvalue weighted by atomic mass is 9.78. The van der Waals surface area contributed by atoms with Crippen molar-refractivity contribution in [1.29, 1.82) is 0 Å². The Bertz CT molecular complexity index is 793. The minimum Gasteiger partial charge on any atom is -0.486 e. The van der Waals surface area contributed by atoms with Crippen LogP contribution in [0.25, 0.3) is 0 Å². The summed E-state index contributed by atoms with van der Waals surface area (Å²) in [6.07, 6.45) is 2.70. The topological polar surface area (TPSA) is 84.5 Å². The van der Waals surface area contributed by atoms with Gasteiger partial charge in [-0.05, 0) is 57.1 Å². The van der Waals surface area contributed by atoms with E-state index in [0.717, 1.165) is 55.9 Å². The van der Waals surface area contributed by atoms with Gasteiger partial charge in [0.2, 0.25) is 5.89 Å². The normalized spacial score (nSPS) is 27.6. The van der Waals surface area contributed by atoms with E-state index in [0.29, 0.717) is 23.7 Å². The van der Waals surface area contributed by atoms with E-state index in [1.807, 2.05) is 26.0 Å². The molecule has 4 atom stereocenters. The maximum atomic E-state index is 10.6. The molecule has 0 amide bonds. The lowest BCUT2D eigenvalue weighted by molar-refractivity contribution is -0.0236. The number of aryl methyl sites for hydroxylation is 3. The lowest BCUT2D eigenvalue weighted by Gasteiger charge is -2.35. The average Bonchev–Trinajstić information content (AvgIpc) is 3.24. The summed E-state index contributed by atoms with van der Waals surface area (Å²) in [5.74, 6) is 2.35. The first kappa shape index (κ1) is 18.2. The van der Waals surface area contributed by atoms with E-state index in [2.05, 4.69) is 27.0 Å². The summed E-state index contributed by atoms with van der Waals surface area (Å²) in [5, 5.41) is 19.0. The maximum absolute atomic E-state index is 10.6. The molecule has 1 saturated heterocycles. The molecule has 2 aromatic heterocycles. The molecule has 0 spiro atoms. The van der Waals surface area contributed by atoms with Crippen LogP contribution in [-0.4, -0.2) is 45.6 Å². The van der Waals surface area contributed by atoms with Crippen LogP contribution in [0, 0.1) is 25.7 Å². The van der Waals surface area contributed by atoms with Crippen molar-refractivity contribution in [1.82, 2.24) is 15.2 Å². The molecule has 1 aliphatic carbocycles. The van der Waals surface area contributed by atoms with Gasteiger partial charge in [-0.1, -0.05) is 12.0 Å². The lowest BCUT2D eigenvalue weighted by Crippen LogP contribution is -2.42. The fourth-order valence-corrected chi connectivity index (χ4v) is 4.32. The van der Waals surface area contributed by atoms with Crippen molar-refractivity contribution in [2.75, 3.05) is 18.0 Å². The fourth-order valence-electron chi connectivity index (χ4n) is 4.32. The van der Waals surface area contributed by atoms with Crippen LogP contribution in [0.15, 0.2) is 16.5 Å². The van der Waals surface area contributed by atoms with Gasteiger partial charge in [-0.25, -0.2) is 0 Å². The largest absolute Gasteiger partial charge is 0.486 e. The molecule has 2 aliphatic rings. The third kappa shape index (κ3) is 3.78. The number of aliphatic hydroxyl groups excluding tert-OH is 1. The second kappa shape index (κ2) is 7.46. The second-order valence-electron chi connectivity index (χ2n) is 7.88. The SMILES string of the molecule is CCCc1nnc(N2C[C@H]3C[C@@H](Oc4ccc(C)nc4C)[C@H](O)C[C@H]3C2)o1. The molecule has 3 heterocycles. The highest BCUT2D eigenvalue weighted by Crippen LogP contribution is 2.39. The van der Waals surface area contributed by atoms with Gasteiger partial charge < -0.3 is 19.2 Å². The Kier molecular flexibility index (Phi) is 5.04. The molecule has 2 aromatic rings. The molecule has 0 unspecified atom stereocenters. The Balaban J connectivity index is 1.42. The van der Waals surface area contributed by atoms with E-state index >= 15 is 0 Å². The molecule has 0 radical (unpaired) electrons. The van der Waals surface area contributed by atoms with Crippen LogP contribution >= 0.6 is 0 Å². The van der Waals surface area contributed by atoms with E-state index in [9.17, 15) is 5.11 Å². The van der Waals surface area contributed by atoms with Gasteiger partial charge in [0.15, 0.2) is 0 Å². The predicted octanol–water partition coefficient (Wildman–Crippen LogP) is 2.69. The summed E-state index contributed by atoms with van der Waals surface area (Å²) < 4.78 is 11.9. The molecule has 1 aliphatic heterocycles. The van der Waals surface area contributed by atoms with Crippen molar-refractivity contribution < 1.29 is 14.3 Å². The van der Waals surface area contributed by atoms with Gasteiger partial charge >= 0.3 is 6.01 Å². The number of pyridine rings is 1. The van der Waals surface area contributed by atoms with Gasteiger partial charge in [0, 0.05) is 25.2 Å². The quantitative estimate of drug-likeness (QED) is 0.864. The van der Waals surface area contributed by atoms with E-state index in [4.69, 9.17) is 9.15 Å². The third-order valence-corrected chi connectivity index (χ3v) is 5.73. The Labute approximate surface area is 159 Å². The number of aliphatic hydroxyl groups is 1. The fraction of sp³-hybridized carbons (Fsp3) is 0.650. The maximum Gasteiger partial charge on any atom is 0.318 e. The van der Waals surface area contributed by atoms with Crippen LogP contribution in [0.3, 0.4) is 0 Å². The average molecular weight is 372 g/mol. The summed E-state index contributed by atoms with van der Waals surface area (Å²) in [7, 11) is 0. The van der Waals surface area contributed by atoms with Gasteiger partial charge in [-0.15, -0.1) is 5.10 Å². The van der Waals surface area contributed by atoms with Gasteiger partial charge in [0.25, 0.3) is 0 Å². The molecule has 1 N–H and O–H groups in total. The van der Waals surface area contributed by atoms with Gasteiger partial charge in [0.05, 0.1) is 11.8 Å². The zero-order valence-corrected chi connectivity index (χ0v) is 16.3. The second-order valence-corrected chi connectivity index (χ2v) is 7.88. The third-order valence-electron chi connectivity index (χ3n) is 5.73. The summed E-state index contributed by atoms with van der Waals surface area (Å²) in [4.78, 5) is 6.62. The highest BCUT2D eigenvalue weighted by atomic mass is 16.5. The first-order chi connectivity index (χ1) is 13.0. The summed E-state index contributed by atoms with van der Waals surface area (Å²) >= 11 is 0. The van der Waals surface area contributed by atoms with Crippen molar-refractivity contribution in [2.45, 2.75) is 58.7 Å². The number of nitrogens with zero attached hydrogens (tertiary/aromatic N) is 4. The standard InChI is InChI=1S/C20H28N4O3/c1-4-5-19-22-23-20(27-19)24-10-14-8-16(25)18(9-15(14)11-24)26-17-7-6-12(2)21-13(17)3/h6-7,14-16,18,25H,4-5,8-11H2,1-3H3/t14-,15+,16+,18+/m0/s1. The minimum atomic E-state index is -0.467. The Hall–Kier alpha value is -2.15. The zero-order valence-electron chi connectivity index (χ0n) is 16.3. The number of rotatable bonds is 5. The molecule has 1 saturated carbocycles. The van der Waals surface area contributed by atoms with E-state index < -0.39 is 6.10 Å². The molecule has 7 heteroatoms. The summed E-state index contributed by atoms with van der Waals surface area (Å²) in [5.41, 5.74) is 1.84. The van der Waals surface area contributed by atoms with Crippen LogP contribution < -0.4 is 9.64 Å². The van der Waals surface area contributed by atoms with Crippen molar-refractivity contribution in [3.8, 4) is 5.75 Å². The Morgan fingerprint density at radius 3 is 2.70 bits per heavy atom. The van der Waals surface area contributed by atoms with Gasteiger partial charge in [-0.3, -0.25) is 4.98 Å². The van der Waals surface area contributed by atoms with E-state index in [1.54, 1.807) is 0 Å². The van der Waals surface area contributed by atoms with E-state index in [-0.39, 0.29) is 6.10 Å². The molecule has 27 heavy (non-hydrogen) atoms. The number of hydrogen-bond acceptors (Lipinski definition) is 7. The van der Waals surface area contributed by atoms with Crippen molar-refractivity contribution in [3.63, 3.8) is 0 Å². The van der Waals surface area contributed by atoms with Crippen LogP contribution in [0.1, 0.15) is 43.5 Å². The number of anilines is 1. The summed E-state index contributed by atoms with van der Waals surface area (Å²) in [6.45, 7) is 7.74. The predicted molar refractivity (Wildman–Crippen MR) is 101 cm³/mol. The molecule has 146 valence electrons. The first-order valence-corrected chi connectivity index (χ1v) is 9.89. The molecule has 0 aromatic carbocycles. The first-order valence-electron chi connectivity index (χ1n) is 9.89. The number of hydrogen-bond donors (Lipinski definition) is 1. The molecule has 7 nitrogen and oxygen atoms in total. The van der Waals surface area contributed by atoms with Crippen molar-refractivity contribution in [2.24, 2.45) is 11.8 Å². The highest BCUT2D eigenvalue weighted by molar-refractivity contribution is 5.30. The van der Waals surface area contributed by atoms with Crippen LogP contribution in [-0.2, 0) is 6.42 Å². The minimum absolute atomic E-state index is 0.201. The highest BCUT2D eigenvalue weighted by Gasteiger charge is 2.44. The number of ether oxygens (including phenoxy) is 1. The van der Waals surface area contributed by atoms with Gasteiger partial charge in [-0.2, -0.15) is 0 Å².